The molecule has 2 rings (SSSR count). The van der Waals surface area contributed by atoms with E-state index >= 15 is 0 Å². The number of methoxy groups -OCH3 is 1. The molecular weight excluding hydrogens is 300 g/mol. The maximum atomic E-state index is 5.44. The summed E-state index contributed by atoms with van der Waals surface area (Å²) in [5.74, 6) is 1.44. The zero-order valence-corrected chi connectivity index (χ0v) is 13.0. The van der Waals surface area contributed by atoms with Gasteiger partial charge in [0, 0.05) is 5.33 Å². The molecule has 1 atom stereocenters. The van der Waals surface area contributed by atoms with Crippen LogP contribution in [0.1, 0.15) is 22.6 Å². The first-order valence-corrected chi connectivity index (χ1v) is 7.61. The average molecular weight is 319 g/mol. The molecule has 0 spiro atoms. The van der Waals surface area contributed by atoms with Gasteiger partial charge in [0.1, 0.15) is 5.75 Å². The summed E-state index contributed by atoms with van der Waals surface area (Å²) in [6.07, 6.45) is 0.986. The lowest BCUT2D eigenvalue weighted by atomic mass is 9.90. The molecule has 2 aromatic rings. The highest BCUT2D eigenvalue weighted by molar-refractivity contribution is 9.09. The van der Waals surface area contributed by atoms with Crippen molar-refractivity contribution in [2.75, 3.05) is 12.4 Å². The third-order valence-electron chi connectivity index (χ3n) is 3.47. The van der Waals surface area contributed by atoms with Gasteiger partial charge in [-0.1, -0.05) is 58.4 Å². The SMILES string of the molecule is COc1ccccc1CC(CBr)c1ccccc1C. The molecule has 0 bridgehead atoms. The molecule has 0 heterocycles. The van der Waals surface area contributed by atoms with E-state index < -0.39 is 0 Å². The van der Waals surface area contributed by atoms with E-state index in [1.54, 1.807) is 7.11 Å². The zero-order chi connectivity index (χ0) is 13.7. The van der Waals surface area contributed by atoms with Gasteiger partial charge in [-0.15, -0.1) is 0 Å². The van der Waals surface area contributed by atoms with Crippen molar-refractivity contribution in [1.82, 2.24) is 0 Å². The molecular formula is C17H19BrO. The van der Waals surface area contributed by atoms with Gasteiger partial charge in [0.2, 0.25) is 0 Å². The molecule has 0 aromatic heterocycles. The summed E-state index contributed by atoms with van der Waals surface area (Å²) >= 11 is 3.65. The fourth-order valence-corrected chi connectivity index (χ4v) is 3.01. The van der Waals surface area contributed by atoms with E-state index in [0.29, 0.717) is 5.92 Å². The third kappa shape index (κ3) is 3.38. The van der Waals surface area contributed by atoms with Crippen molar-refractivity contribution in [1.29, 1.82) is 0 Å². The predicted octanol–water partition coefficient (Wildman–Crippen LogP) is 4.72. The molecule has 0 aliphatic carbocycles. The van der Waals surface area contributed by atoms with Gasteiger partial charge in [-0.3, -0.25) is 0 Å². The summed E-state index contributed by atoms with van der Waals surface area (Å²) in [6.45, 7) is 2.17. The summed E-state index contributed by atoms with van der Waals surface area (Å²) in [5, 5.41) is 0.954. The number of rotatable bonds is 5. The van der Waals surface area contributed by atoms with Gasteiger partial charge in [0.05, 0.1) is 7.11 Å². The van der Waals surface area contributed by atoms with Crippen molar-refractivity contribution >= 4 is 15.9 Å². The largest absolute Gasteiger partial charge is 0.496 e. The smallest absolute Gasteiger partial charge is 0.122 e. The Morgan fingerprint density at radius 2 is 1.74 bits per heavy atom. The van der Waals surface area contributed by atoms with Crippen LogP contribution in [0.15, 0.2) is 48.5 Å². The van der Waals surface area contributed by atoms with E-state index in [-0.39, 0.29) is 0 Å². The van der Waals surface area contributed by atoms with Gasteiger partial charge in [-0.2, -0.15) is 0 Å². The summed E-state index contributed by atoms with van der Waals surface area (Å²) < 4.78 is 5.44. The number of benzene rings is 2. The lowest BCUT2D eigenvalue weighted by molar-refractivity contribution is 0.408. The second kappa shape index (κ2) is 6.76. The Morgan fingerprint density at radius 3 is 2.42 bits per heavy atom. The minimum atomic E-state index is 0.470. The predicted molar refractivity (Wildman–Crippen MR) is 84.4 cm³/mol. The number of halogens is 1. The summed E-state index contributed by atoms with van der Waals surface area (Å²) in [4.78, 5) is 0. The van der Waals surface area contributed by atoms with E-state index in [4.69, 9.17) is 4.74 Å². The fourth-order valence-electron chi connectivity index (χ4n) is 2.43. The van der Waals surface area contributed by atoms with Crippen LogP contribution in [0.2, 0.25) is 0 Å². The highest BCUT2D eigenvalue weighted by Crippen LogP contribution is 2.29. The highest BCUT2D eigenvalue weighted by atomic mass is 79.9. The van der Waals surface area contributed by atoms with Crippen LogP contribution in [0, 0.1) is 6.92 Å². The van der Waals surface area contributed by atoms with Crippen molar-refractivity contribution in [3.8, 4) is 5.75 Å². The quantitative estimate of drug-likeness (QED) is 0.724. The minimum absolute atomic E-state index is 0.470. The van der Waals surface area contributed by atoms with E-state index in [0.717, 1.165) is 17.5 Å². The van der Waals surface area contributed by atoms with Crippen molar-refractivity contribution in [2.45, 2.75) is 19.3 Å². The van der Waals surface area contributed by atoms with E-state index in [1.165, 1.54) is 16.7 Å². The van der Waals surface area contributed by atoms with Crippen LogP contribution in [-0.2, 0) is 6.42 Å². The highest BCUT2D eigenvalue weighted by Gasteiger charge is 2.15. The Kier molecular flexibility index (Phi) is 5.03. The minimum Gasteiger partial charge on any atom is -0.496 e. The Labute approximate surface area is 123 Å². The molecule has 1 nitrogen and oxygen atoms in total. The molecule has 0 saturated heterocycles. The zero-order valence-electron chi connectivity index (χ0n) is 11.4. The van der Waals surface area contributed by atoms with Crippen molar-refractivity contribution in [3.05, 3.63) is 65.2 Å². The van der Waals surface area contributed by atoms with Gasteiger partial charge >= 0.3 is 0 Å². The number of hydrogen-bond acceptors (Lipinski definition) is 1. The fraction of sp³-hybridized carbons (Fsp3) is 0.294. The van der Waals surface area contributed by atoms with E-state index in [2.05, 4.69) is 59.3 Å². The Hall–Kier alpha value is -1.28. The second-order valence-electron chi connectivity index (χ2n) is 4.72. The molecule has 1 unspecified atom stereocenters. The molecule has 0 radical (unpaired) electrons. The van der Waals surface area contributed by atoms with Gasteiger partial charge in [0.25, 0.3) is 0 Å². The van der Waals surface area contributed by atoms with E-state index in [9.17, 15) is 0 Å². The lowest BCUT2D eigenvalue weighted by Crippen LogP contribution is -2.07. The molecule has 0 fully saturated rings. The molecule has 0 saturated carbocycles. The number of para-hydroxylation sites is 1. The molecule has 2 heteroatoms. The first-order valence-electron chi connectivity index (χ1n) is 6.49. The van der Waals surface area contributed by atoms with Crippen molar-refractivity contribution < 1.29 is 4.74 Å². The average Bonchev–Trinajstić information content (AvgIpc) is 2.46. The number of alkyl halides is 1. The topological polar surface area (TPSA) is 9.23 Å². The van der Waals surface area contributed by atoms with Crippen LogP contribution in [0.3, 0.4) is 0 Å². The van der Waals surface area contributed by atoms with Crippen LogP contribution in [0.4, 0.5) is 0 Å². The third-order valence-corrected chi connectivity index (χ3v) is 4.25. The van der Waals surface area contributed by atoms with Gasteiger partial charge in [0.15, 0.2) is 0 Å². The van der Waals surface area contributed by atoms with Crippen LogP contribution in [-0.4, -0.2) is 12.4 Å². The lowest BCUT2D eigenvalue weighted by Gasteiger charge is -2.18. The normalized spacial score (nSPS) is 12.2. The van der Waals surface area contributed by atoms with E-state index in [1.807, 2.05) is 12.1 Å². The Morgan fingerprint density at radius 1 is 1.05 bits per heavy atom. The number of hydrogen-bond donors (Lipinski definition) is 0. The van der Waals surface area contributed by atoms with Gasteiger partial charge in [-0.25, -0.2) is 0 Å². The molecule has 0 amide bonds. The first kappa shape index (κ1) is 14.1. The Bertz CT molecular complexity index is 536. The summed E-state index contributed by atoms with van der Waals surface area (Å²) in [5.41, 5.74) is 4.02. The van der Waals surface area contributed by atoms with Crippen LogP contribution in [0.25, 0.3) is 0 Å². The van der Waals surface area contributed by atoms with Gasteiger partial charge in [-0.05, 0) is 42.0 Å². The van der Waals surface area contributed by atoms with Crippen LogP contribution >= 0.6 is 15.9 Å². The maximum Gasteiger partial charge on any atom is 0.122 e. The van der Waals surface area contributed by atoms with Gasteiger partial charge < -0.3 is 4.74 Å². The first-order chi connectivity index (χ1) is 9.26. The van der Waals surface area contributed by atoms with Crippen molar-refractivity contribution in [3.63, 3.8) is 0 Å². The van der Waals surface area contributed by atoms with Crippen LogP contribution in [0.5, 0.6) is 5.75 Å². The monoisotopic (exact) mass is 318 g/mol. The molecule has 2 aromatic carbocycles. The molecule has 0 aliphatic rings. The van der Waals surface area contributed by atoms with Crippen molar-refractivity contribution in [2.24, 2.45) is 0 Å². The maximum absolute atomic E-state index is 5.44. The van der Waals surface area contributed by atoms with Crippen LogP contribution < -0.4 is 4.74 Å². The number of aryl methyl sites for hydroxylation is 1. The summed E-state index contributed by atoms with van der Waals surface area (Å²) in [6, 6.07) is 16.9. The second-order valence-corrected chi connectivity index (χ2v) is 5.37. The number of ether oxygens (including phenoxy) is 1. The standard InChI is InChI=1S/C17H19BrO/c1-13-7-3-5-9-16(13)15(12-18)11-14-8-4-6-10-17(14)19-2/h3-10,15H,11-12H2,1-2H3. The summed E-state index contributed by atoms with van der Waals surface area (Å²) in [7, 11) is 1.73. The molecule has 0 aliphatic heterocycles. The Balaban J connectivity index is 2.27. The molecule has 19 heavy (non-hydrogen) atoms. The molecule has 0 N–H and O–H groups in total. The molecule has 100 valence electrons.